The maximum Gasteiger partial charge on any atom is 0.255 e. The lowest BCUT2D eigenvalue weighted by molar-refractivity contribution is -0.123. The molecule has 2 N–H and O–H groups in total. The molecular weight excluding hydrogens is 524 g/mol. The van der Waals surface area contributed by atoms with Crippen molar-refractivity contribution in [2.45, 2.75) is 69.2 Å². The number of amides is 2. The summed E-state index contributed by atoms with van der Waals surface area (Å²) in [4.78, 5) is 32.2. The van der Waals surface area contributed by atoms with Crippen LogP contribution in [-0.4, -0.2) is 50.6 Å². The standard InChI is InChI=1S/C28H37ClN4O4S/c1-19(21-7-4-3-5-8-21)31-26(34)15-20-11-13-33(14-12-20)27-25(17-24(18-30-27)38(2,36)37)32-28(35)22-9-6-10-23(29)16-22/h6,9-10,16-21H,3-5,7-8,11-15H2,1-2H3,(H,31,34)(H,32,35)/t19-/m0/s1. The maximum absolute atomic E-state index is 12.9. The zero-order valence-electron chi connectivity index (χ0n) is 22.1. The first-order chi connectivity index (χ1) is 18.1. The molecule has 1 atom stereocenters. The molecule has 0 unspecified atom stereocenters. The van der Waals surface area contributed by atoms with Crippen LogP contribution in [0.3, 0.4) is 0 Å². The lowest BCUT2D eigenvalue weighted by Crippen LogP contribution is -2.41. The second kappa shape index (κ2) is 12.5. The first kappa shape index (κ1) is 28.4. The van der Waals surface area contributed by atoms with Crippen molar-refractivity contribution in [2.24, 2.45) is 11.8 Å². The number of hydrogen-bond donors (Lipinski definition) is 2. The van der Waals surface area contributed by atoms with Gasteiger partial charge in [0, 0.05) is 48.6 Å². The number of halogens is 1. The van der Waals surface area contributed by atoms with Crippen molar-refractivity contribution in [3.63, 3.8) is 0 Å². The molecule has 8 nitrogen and oxygen atoms in total. The SMILES string of the molecule is C[C@H](NC(=O)CC1CCN(c2ncc(S(C)(=O)=O)cc2NC(=O)c2cccc(Cl)c2)CC1)C1CCCCC1. The number of rotatable bonds is 8. The first-order valence-electron chi connectivity index (χ1n) is 13.4. The third-order valence-electron chi connectivity index (χ3n) is 7.74. The topological polar surface area (TPSA) is 108 Å². The van der Waals surface area contributed by atoms with E-state index < -0.39 is 15.7 Å². The van der Waals surface area contributed by atoms with Crippen molar-refractivity contribution in [3.8, 4) is 0 Å². The molecule has 1 aliphatic heterocycles. The van der Waals surface area contributed by atoms with Crippen LogP contribution in [0.1, 0.15) is 68.6 Å². The quantitative estimate of drug-likeness (QED) is 0.466. The minimum absolute atomic E-state index is 0.0290. The van der Waals surface area contributed by atoms with Gasteiger partial charge in [-0.1, -0.05) is 36.9 Å². The van der Waals surface area contributed by atoms with E-state index in [1.165, 1.54) is 44.4 Å². The van der Waals surface area contributed by atoms with Crippen molar-refractivity contribution in [1.82, 2.24) is 10.3 Å². The van der Waals surface area contributed by atoms with E-state index in [-0.39, 0.29) is 22.8 Å². The fourth-order valence-electron chi connectivity index (χ4n) is 5.49. The average molecular weight is 561 g/mol. The number of nitrogens with one attached hydrogen (secondary N) is 2. The Morgan fingerprint density at radius 1 is 1.11 bits per heavy atom. The Labute approximate surface area is 230 Å². The number of piperidine rings is 1. The zero-order chi connectivity index (χ0) is 27.3. The smallest absolute Gasteiger partial charge is 0.255 e. The van der Waals surface area contributed by atoms with E-state index in [0.29, 0.717) is 47.5 Å². The van der Waals surface area contributed by atoms with Gasteiger partial charge in [-0.25, -0.2) is 13.4 Å². The highest BCUT2D eigenvalue weighted by atomic mass is 35.5. The molecule has 206 valence electrons. The Kier molecular flexibility index (Phi) is 9.31. The van der Waals surface area contributed by atoms with Crippen LogP contribution in [0.4, 0.5) is 11.5 Å². The molecule has 4 rings (SSSR count). The Bertz CT molecular complexity index is 1260. The molecule has 0 spiro atoms. The predicted molar refractivity (Wildman–Crippen MR) is 150 cm³/mol. The number of carbonyl (C=O) groups is 2. The van der Waals surface area contributed by atoms with Gasteiger partial charge in [0.05, 0.1) is 10.6 Å². The zero-order valence-corrected chi connectivity index (χ0v) is 23.7. The summed E-state index contributed by atoms with van der Waals surface area (Å²) in [5.41, 5.74) is 0.691. The van der Waals surface area contributed by atoms with E-state index in [1.807, 2.05) is 4.90 Å². The normalized spacial score (nSPS) is 18.1. The van der Waals surface area contributed by atoms with Gasteiger partial charge in [0.1, 0.15) is 0 Å². The molecule has 1 saturated carbocycles. The largest absolute Gasteiger partial charge is 0.355 e. The van der Waals surface area contributed by atoms with Crippen LogP contribution in [-0.2, 0) is 14.6 Å². The van der Waals surface area contributed by atoms with Crippen LogP contribution in [0.2, 0.25) is 5.02 Å². The summed E-state index contributed by atoms with van der Waals surface area (Å²) < 4.78 is 24.3. The molecule has 0 radical (unpaired) electrons. The van der Waals surface area contributed by atoms with Gasteiger partial charge in [0.25, 0.3) is 5.91 Å². The van der Waals surface area contributed by atoms with Crippen LogP contribution < -0.4 is 15.5 Å². The van der Waals surface area contributed by atoms with Crippen molar-refractivity contribution < 1.29 is 18.0 Å². The minimum atomic E-state index is -3.52. The Morgan fingerprint density at radius 3 is 2.47 bits per heavy atom. The van der Waals surface area contributed by atoms with Crippen molar-refractivity contribution in [3.05, 3.63) is 47.1 Å². The number of benzene rings is 1. The number of sulfone groups is 1. The summed E-state index contributed by atoms with van der Waals surface area (Å²) in [6.45, 7) is 3.43. The average Bonchev–Trinajstić information content (AvgIpc) is 2.89. The maximum atomic E-state index is 12.9. The van der Waals surface area contributed by atoms with Crippen LogP contribution >= 0.6 is 11.6 Å². The highest BCUT2D eigenvalue weighted by molar-refractivity contribution is 7.90. The van der Waals surface area contributed by atoms with E-state index in [9.17, 15) is 18.0 Å². The molecule has 1 saturated heterocycles. The van der Waals surface area contributed by atoms with Crippen LogP contribution in [0.5, 0.6) is 0 Å². The van der Waals surface area contributed by atoms with Gasteiger partial charge in [-0.3, -0.25) is 9.59 Å². The number of pyridine rings is 1. The second-order valence-electron chi connectivity index (χ2n) is 10.7. The highest BCUT2D eigenvalue weighted by Crippen LogP contribution is 2.32. The van der Waals surface area contributed by atoms with Gasteiger partial charge in [-0.2, -0.15) is 0 Å². The molecule has 2 fully saturated rings. The van der Waals surface area contributed by atoms with E-state index >= 15 is 0 Å². The van der Waals surface area contributed by atoms with Crippen molar-refractivity contribution in [1.29, 1.82) is 0 Å². The van der Waals surface area contributed by atoms with E-state index in [4.69, 9.17) is 11.6 Å². The van der Waals surface area contributed by atoms with Crippen molar-refractivity contribution >= 4 is 44.8 Å². The summed E-state index contributed by atoms with van der Waals surface area (Å²) in [6.07, 6.45) is 10.8. The molecule has 1 aromatic heterocycles. The van der Waals surface area contributed by atoms with Crippen LogP contribution in [0.25, 0.3) is 0 Å². The molecule has 2 heterocycles. The number of nitrogens with zero attached hydrogens (tertiary/aromatic N) is 2. The number of anilines is 2. The lowest BCUT2D eigenvalue weighted by atomic mass is 9.84. The summed E-state index contributed by atoms with van der Waals surface area (Å²) in [5, 5.41) is 6.49. The molecule has 1 aliphatic carbocycles. The molecular formula is C28H37ClN4O4S. The molecule has 2 aliphatic rings. The third kappa shape index (κ3) is 7.47. The fourth-order valence-corrected chi connectivity index (χ4v) is 6.25. The molecule has 2 aromatic rings. The Balaban J connectivity index is 1.40. The van der Waals surface area contributed by atoms with Gasteiger partial charge in [-0.05, 0) is 68.7 Å². The summed E-state index contributed by atoms with van der Waals surface area (Å²) in [5.74, 6) is 1.08. The van der Waals surface area contributed by atoms with Crippen LogP contribution in [0.15, 0.2) is 41.4 Å². The van der Waals surface area contributed by atoms with Gasteiger partial charge in [0.15, 0.2) is 15.7 Å². The lowest BCUT2D eigenvalue weighted by Gasteiger charge is -2.34. The predicted octanol–water partition coefficient (Wildman–Crippen LogP) is 5.08. The molecule has 2 amide bonds. The summed E-state index contributed by atoms with van der Waals surface area (Å²) >= 11 is 6.04. The third-order valence-corrected chi connectivity index (χ3v) is 9.05. The van der Waals surface area contributed by atoms with E-state index in [0.717, 1.165) is 19.1 Å². The molecule has 0 bridgehead atoms. The van der Waals surface area contributed by atoms with Gasteiger partial charge < -0.3 is 15.5 Å². The summed E-state index contributed by atoms with van der Waals surface area (Å²) in [6, 6.07) is 8.21. The molecule has 10 heteroatoms. The fraction of sp³-hybridized carbons (Fsp3) is 0.536. The summed E-state index contributed by atoms with van der Waals surface area (Å²) in [7, 11) is -3.52. The Morgan fingerprint density at radius 2 is 1.82 bits per heavy atom. The minimum Gasteiger partial charge on any atom is -0.355 e. The molecule has 38 heavy (non-hydrogen) atoms. The van der Waals surface area contributed by atoms with Gasteiger partial charge >= 0.3 is 0 Å². The number of hydrogen-bond acceptors (Lipinski definition) is 6. The van der Waals surface area contributed by atoms with Gasteiger partial charge in [-0.15, -0.1) is 0 Å². The monoisotopic (exact) mass is 560 g/mol. The van der Waals surface area contributed by atoms with E-state index in [2.05, 4.69) is 22.5 Å². The highest BCUT2D eigenvalue weighted by Gasteiger charge is 2.27. The molecule has 1 aromatic carbocycles. The van der Waals surface area contributed by atoms with Crippen LogP contribution in [0, 0.1) is 11.8 Å². The van der Waals surface area contributed by atoms with E-state index in [1.54, 1.807) is 24.3 Å². The van der Waals surface area contributed by atoms with Crippen molar-refractivity contribution in [2.75, 3.05) is 29.6 Å². The number of aromatic nitrogens is 1. The Hall–Kier alpha value is -2.65. The van der Waals surface area contributed by atoms with Gasteiger partial charge in [0.2, 0.25) is 5.91 Å². The first-order valence-corrected chi connectivity index (χ1v) is 15.7. The number of carbonyl (C=O) groups excluding carboxylic acids is 2. The second-order valence-corrected chi connectivity index (χ2v) is 13.1.